The van der Waals surface area contributed by atoms with E-state index < -0.39 is 11.0 Å². The fraction of sp³-hybridized carbons (Fsp3) is 0.500. The van der Waals surface area contributed by atoms with Gasteiger partial charge < -0.3 is 15.2 Å². The molecule has 0 aliphatic carbocycles. The maximum atomic E-state index is 11.0. The summed E-state index contributed by atoms with van der Waals surface area (Å²) in [6, 6.07) is 3.12. The number of nitrogens with one attached hydrogen (secondary N) is 1. The van der Waals surface area contributed by atoms with Gasteiger partial charge >= 0.3 is 5.69 Å². The lowest BCUT2D eigenvalue weighted by molar-refractivity contribution is -0.386. The van der Waals surface area contributed by atoms with Crippen molar-refractivity contribution < 1.29 is 14.8 Å². The number of aliphatic hydroxyl groups is 1. The second-order valence-corrected chi connectivity index (χ2v) is 5.02. The Morgan fingerprint density at radius 1 is 1.58 bits per heavy atom. The molecule has 1 unspecified atom stereocenters. The van der Waals surface area contributed by atoms with Crippen LogP contribution in [0.4, 0.5) is 5.69 Å². The van der Waals surface area contributed by atoms with Crippen molar-refractivity contribution in [3.8, 4) is 5.75 Å². The predicted octanol–water partition coefficient (Wildman–Crippen LogP) is 2.01. The molecule has 0 aliphatic heterocycles. The molecular weight excluding hydrogens is 316 g/mol. The number of hydrogen-bond acceptors (Lipinski definition) is 5. The van der Waals surface area contributed by atoms with Crippen molar-refractivity contribution in [2.24, 2.45) is 0 Å². The van der Waals surface area contributed by atoms with Crippen LogP contribution in [0.15, 0.2) is 16.6 Å². The Labute approximate surface area is 120 Å². The highest BCUT2D eigenvalue weighted by molar-refractivity contribution is 9.10. The molecule has 2 N–H and O–H groups in total. The third-order valence-electron chi connectivity index (χ3n) is 2.47. The number of halogens is 1. The molecule has 106 valence electrons. The Balaban J connectivity index is 2.80. The predicted molar refractivity (Wildman–Crippen MR) is 75.6 cm³/mol. The summed E-state index contributed by atoms with van der Waals surface area (Å²) >= 11 is 3.21. The summed E-state index contributed by atoms with van der Waals surface area (Å²) in [6.07, 6.45) is -0.706. The SMILES string of the molecule is CCNCC(O)COc1c(C)cc(Br)cc1[N+](=O)[O-]. The van der Waals surface area contributed by atoms with Crippen LogP contribution < -0.4 is 10.1 Å². The van der Waals surface area contributed by atoms with Gasteiger partial charge in [-0.2, -0.15) is 0 Å². The molecule has 0 saturated heterocycles. The van der Waals surface area contributed by atoms with Crippen LogP contribution in [0.25, 0.3) is 0 Å². The Kier molecular flexibility index (Phi) is 6.20. The Hall–Kier alpha value is -1.18. The van der Waals surface area contributed by atoms with E-state index in [1.165, 1.54) is 6.07 Å². The number of likely N-dealkylation sites (N-methyl/N-ethyl adjacent to an activating group) is 1. The lowest BCUT2D eigenvalue weighted by Gasteiger charge is -2.14. The van der Waals surface area contributed by atoms with Crippen molar-refractivity contribution in [1.82, 2.24) is 5.32 Å². The number of benzene rings is 1. The molecule has 1 aromatic carbocycles. The van der Waals surface area contributed by atoms with Crippen LogP contribution in [0, 0.1) is 17.0 Å². The van der Waals surface area contributed by atoms with Gasteiger partial charge in [0.15, 0.2) is 5.75 Å². The lowest BCUT2D eigenvalue weighted by Crippen LogP contribution is -2.31. The number of rotatable bonds is 7. The lowest BCUT2D eigenvalue weighted by atomic mass is 10.2. The van der Waals surface area contributed by atoms with Gasteiger partial charge in [-0.3, -0.25) is 10.1 Å². The van der Waals surface area contributed by atoms with Gasteiger partial charge in [-0.1, -0.05) is 22.9 Å². The first-order valence-corrected chi connectivity index (χ1v) is 6.71. The van der Waals surface area contributed by atoms with E-state index in [0.29, 0.717) is 16.6 Å². The summed E-state index contributed by atoms with van der Waals surface area (Å²) in [7, 11) is 0. The van der Waals surface area contributed by atoms with Gasteiger partial charge in [0.1, 0.15) is 12.7 Å². The number of nitrogens with zero attached hydrogens (tertiary/aromatic N) is 1. The van der Waals surface area contributed by atoms with Gasteiger partial charge in [-0.05, 0) is 25.1 Å². The van der Waals surface area contributed by atoms with E-state index in [2.05, 4.69) is 21.2 Å². The summed E-state index contributed by atoms with van der Waals surface area (Å²) in [5.41, 5.74) is 0.541. The van der Waals surface area contributed by atoms with Crippen molar-refractivity contribution in [3.63, 3.8) is 0 Å². The quantitative estimate of drug-likeness (QED) is 0.589. The van der Waals surface area contributed by atoms with Crippen LogP contribution in [-0.4, -0.2) is 35.8 Å². The van der Waals surface area contributed by atoms with Crippen LogP contribution in [0.5, 0.6) is 5.75 Å². The molecule has 0 bridgehead atoms. The smallest absolute Gasteiger partial charge is 0.312 e. The monoisotopic (exact) mass is 332 g/mol. The highest BCUT2D eigenvalue weighted by Crippen LogP contribution is 2.34. The van der Waals surface area contributed by atoms with E-state index in [1.807, 2.05) is 6.92 Å². The van der Waals surface area contributed by atoms with Gasteiger partial charge in [0.05, 0.1) is 4.92 Å². The van der Waals surface area contributed by atoms with Crippen molar-refractivity contribution >= 4 is 21.6 Å². The fourth-order valence-electron chi connectivity index (χ4n) is 1.59. The Morgan fingerprint density at radius 2 is 2.26 bits per heavy atom. The molecule has 0 radical (unpaired) electrons. The van der Waals surface area contributed by atoms with E-state index in [9.17, 15) is 15.2 Å². The van der Waals surface area contributed by atoms with Crippen molar-refractivity contribution in [2.45, 2.75) is 20.0 Å². The van der Waals surface area contributed by atoms with Gasteiger partial charge in [0, 0.05) is 17.1 Å². The third kappa shape index (κ3) is 4.77. The number of nitro groups is 1. The van der Waals surface area contributed by atoms with Crippen LogP contribution in [0.3, 0.4) is 0 Å². The maximum Gasteiger partial charge on any atom is 0.312 e. The summed E-state index contributed by atoms with van der Waals surface area (Å²) in [4.78, 5) is 10.5. The highest BCUT2D eigenvalue weighted by Gasteiger charge is 2.19. The minimum atomic E-state index is -0.706. The number of aliphatic hydroxyl groups excluding tert-OH is 1. The number of hydrogen-bond donors (Lipinski definition) is 2. The van der Waals surface area contributed by atoms with Gasteiger partial charge in [0.2, 0.25) is 0 Å². The molecule has 0 fully saturated rings. The molecule has 0 aliphatic rings. The van der Waals surface area contributed by atoms with Crippen LogP contribution in [0.1, 0.15) is 12.5 Å². The zero-order valence-electron chi connectivity index (χ0n) is 10.9. The van der Waals surface area contributed by atoms with Crippen LogP contribution in [0.2, 0.25) is 0 Å². The molecule has 0 saturated carbocycles. The van der Waals surface area contributed by atoms with E-state index in [-0.39, 0.29) is 18.0 Å². The molecule has 0 spiro atoms. The number of nitro benzene ring substituents is 1. The third-order valence-corrected chi connectivity index (χ3v) is 2.92. The zero-order chi connectivity index (χ0) is 14.4. The fourth-order valence-corrected chi connectivity index (χ4v) is 2.15. The topological polar surface area (TPSA) is 84.6 Å². The molecule has 6 nitrogen and oxygen atoms in total. The highest BCUT2D eigenvalue weighted by atomic mass is 79.9. The Bertz CT molecular complexity index is 454. The minimum Gasteiger partial charge on any atom is -0.484 e. The molecule has 7 heteroatoms. The second kappa shape index (κ2) is 7.42. The van der Waals surface area contributed by atoms with Crippen LogP contribution >= 0.6 is 15.9 Å². The van der Waals surface area contributed by atoms with Crippen LogP contribution in [-0.2, 0) is 0 Å². The van der Waals surface area contributed by atoms with Crippen molar-refractivity contribution in [3.05, 3.63) is 32.3 Å². The van der Waals surface area contributed by atoms with Gasteiger partial charge in [0.25, 0.3) is 0 Å². The normalized spacial score (nSPS) is 12.2. The molecular formula is C12H17BrN2O4. The van der Waals surface area contributed by atoms with Crippen molar-refractivity contribution in [1.29, 1.82) is 0 Å². The average molecular weight is 333 g/mol. The molecule has 0 aromatic heterocycles. The minimum absolute atomic E-state index is 0.0102. The molecule has 0 heterocycles. The first kappa shape index (κ1) is 15.9. The largest absolute Gasteiger partial charge is 0.484 e. The first-order valence-electron chi connectivity index (χ1n) is 5.91. The number of ether oxygens (including phenoxy) is 1. The van der Waals surface area contributed by atoms with E-state index in [4.69, 9.17) is 4.74 Å². The van der Waals surface area contributed by atoms with E-state index in [1.54, 1.807) is 13.0 Å². The first-order chi connectivity index (χ1) is 8.95. The van der Waals surface area contributed by atoms with Crippen molar-refractivity contribution in [2.75, 3.05) is 19.7 Å². The molecule has 1 atom stereocenters. The van der Waals surface area contributed by atoms with Gasteiger partial charge in [-0.15, -0.1) is 0 Å². The van der Waals surface area contributed by atoms with E-state index >= 15 is 0 Å². The Morgan fingerprint density at radius 3 is 2.84 bits per heavy atom. The van der Waals surface area contributed by atoms with Gasteiger partial charge in [-0.25, -0.2) is 0 Å². The molecule has 1 rings (SSSR count). The second-order valence-electron chi connectivity index (χ2n) is 4.10. The molecule has 0 amide bonds. The summed E-state index contributed by atoms with van der Waals surface area (Å²) in [6.45, 7) is 4.80. The summed E-state index contributed by atoms with van der Waals surface area (Å²) in [5, 5.41) is 23.6. The standard InChI is InChI=1S/C12H17BrN2O4/c1-3-14-6-10(16)7-19-12-8(2)4-9(13)5-11(12)15(17)18/h4-5,10,14,16H,3,6-7H2,1-2H3. The summed E-state index contributed by atoms with van der Waals surface area (Å²) in [5.74, 6) is 0.198. The van der Waals surface area contributed by atoms with E-state index in [0.717, 1.165) is 6.54 Å². The molecule has 1 aromatic rings. The number of aryl methyl sites for hydroxylation is 1. The average Bonchev–Trinajstić information content (AvgIpc) is 2.34. The zero-order valence-corrected chi connectivity index (χ0v) is 12.4. The maximum absolute atomic E-state index is 11.0. The molecule has 19 heavy (non-hydrogen) atoms. The summed E-state index contributed by atoms with van der Waals surface area (Å²) < 4.78 is 6.01.